The molecule has 0 saturated carbocycles. The molecular weight excluding hydrogens is 379 g/mol. The van der Waals surface area contributed by atoms with Crippen LogP contribution in [0.3, 0.4) is 0 Å². The standard InChI is InChI=1S/C22H24ClFN2O2/c1-16-5-7-17(8-6-16)3-2-4-21(27)25-11-13-26(14-12-25)22(28)19-10-9-18(24)15-20(19)23/h5-10,15H,2-4,11-14H2,1H3. The molecule has 0 aliphatic carbocycles. The van der Waals surface area contributed by atoms with Gasteiger partial charge in [-0.05, 0) is 43.5 Å². The van der Waals surface area contributed by atoms with Gasteiger partial charge in [-0.1, -0.05) is 41.4 Å². The van der Waals surface area contributed by atoms with Crippen LogP contribution in [0.2, 0.25) is 5.02 Å². The van der Waals surface area contributed by atoms with Crippen LogP contribution in [-0.2, 0) is 11.2 Å². The lowest BCUT2D eigenvalue weighted by Crippen LogP contribution is -2.50. The van der Waals surface area contributed by atoms with Gasteiger partial charge >= 0.3 is 0 Å². The number of piperazine rings is 1. The number of carbonyl (C=O) groups excluding carboxylic acids is 2. The van der Waals surface area contributed by atoms with Crippen LogP contribution in [-0.4, -0.2) is 47.8 Å². The summed E-state index contributed by atoms with van der Waals surface area (Å²) in [6, 6.07) is 12.1. The molecule has 0 aromatic heterocycles. The Balaban J connectivity index is 1.45. The highest BCUT2D eigenvalue weighted by Gasteiger charge is 2.25. The van der Waals surface area contributed by atoms with Gasteiger partial charge in [-0.2, -0.15) is 0 Å². The summed E-state index contributed by atoms with van der Waals surface area (Å²) in [4.78, 5) is 28.5. The molecule has 0 atom stereocenters. The lowest BCUT2D eigenvalue weighted by atomic mass is 10.1. The number of benzene rings is 2. The zero-order valence-electron chi connectivity index (χ0n) is 16.0. The van der Waals surface area contributed by atoms with E-state index in [-0.39, 0.29) is 16.8 Å². The van der Waals surface area contributed by atoms with Crippen molar-refractivity contribution in [2.75, 3.05) is 26.2 Å². The van der Waals surface area contributed by atoms with Gasteiger partial charge < -0.3 is 9.80 Å². The highest BCUT2D eigenvalue weighted by Crippen LogP contribution is 2.20. The Morgan fingerprint density at radius 2 is 1.64 bits per heavy atom. The van der Waals surface area contributed by atoms with E-state index in [1.807, 2.05) is 4.90 Å². The summed E-state index contributed by atoms with van der Waals surface area (Å²) in [7, 11) is 0. The van der Waals surface area contributed by atoms with Gasteiger partial charge in [0.2, 0.25) is 5.91 Å². The molecule has 2 aromatic carbocycles. The Hall–Kier alpha value is -2.40. The molecule has 0 spiro atoms. The second-order valence-corrected chi connectivity index (χ2v) is 7.54. The first-order valence-electron chi connectivity index (χ1n) is 9.51. The van der Waals surface area contributed by atoms with Crippen LogP contribution >= 0.6 is 11.6 Å². The molecule has 2 amide bonds. The van der Waals surface area contributed by atoms with E-state index >= 15 is 0 Å². The fourth-order valence-electron chi connectivity index (χ4n) is 3.35. The Kier molecular flexibility index (Phi) is 6.68. The molecule has 1 aliphatic rings. The summed E-state index contributed by atoms with van der Waals surface area (Å²) in [5, 5.41) is 0.111. The first-order valence-corrected chi connectivity index (χ1v) is 9.89. The van der Waals surface area contributed by atoms with E-state index in [2.05, 4.69) is 31.2 Å². The average Bonchev–Trinajstić information content (AvgIpc) is 2.69. The Morgan fingerprint density at radius 3 is 2.29 bits per heavy atom. The predicted octanol–water partition coefficient (Wildman–Crippen LogP) is 4.09. The summed E-state index contributed by atoms with van der Waals surface area (Å²) >= 11 is 5.99. The third kappa shape index (κ3) is 5.10. The van der Waals surface area contributed by atoms with Gasteiger partial charge in [-0.15, -0.1) is 0 Å². The molecule has 3 rings (SSSR count). The van der Waals surface area contributed by atoms with Crippen LogP contribution in [0.4, 0.5) is 4.39 Å². The third-order valence-corrected chi connectivity index (χ3v) is 5.37. The Labute approximate surface area is 169 Å². The van der Waals surface area contributed by atoms with Crippen molar-refractivity contribution < 1.29 is 14.0 Å². The van der Waals surface area contributed by atoms with Gasteiger partial charge in [0.25, 0.3) is 5.91 Å². The van der Waals surface area contributed by atoms with Gasteiger partial charge in [-0.3, -0.25) is 9.59 Å². The average molecular weight is 403 g/mol. The van der Waals surface area contributed by atoms with Crippen molar-refractivity contribution in [2.45, 2.75) is 26.2 Å². The van der Waals surface area contributed by atoms with Crippen LogP contribution in [0.1, 0.15) is 34.3 Å². The van der Waals surface area contributed by atoms with E-state index < -0.39 is 5.82 Å². The van der Waals surface area contributed by atoms with Gasteiger partial charge in [-0.25, -0.2) is 4.39 Å². The van der Waals surface area contributed by atoms with Gasteiger partial charge in [0.05, 0.1) is 10.6 Å². The lowest BCUT2D eigenvalue weighted by molar-refractivity contribution is -0.132. The minimum Gasteiger partial charge on any atom is -0.339 e. The maximum Gasteiger partial charge on any atom is 0.255 e. The quantitative estimate of drug-likeness (QED) is 0.755. The molecule has 4 nitrogen and oxygen atoms in total. The number of carbonyl (C=O) groups is 2. The van der Waals surface area contributed by atoms with Crippen molar-refractivity contribution in [3.05, 3.63) is 70.0 Å². The second-order valence-electron chi connectivity index (χ2n) is 7.14. The normalized spacial score (nSPS) is 14.2. The van der Waals surface area contributed by atoms with Crippen molar-refractivity contribution in [3.63, 3.8) is 0 Å². The van der Waals surface area contributed by atoms with Crippen LogP contribution in [0.15, 0.2) is 42.5 Å². The number of hydrogen-bond donors (Lipinski definition) is 0. The fourth-order valence-corrected chi connectivity index (χ4v) is 3.60. The maximum atomic E-state index is 13.2. The number of hydrogen-bond acceptors (Lipinski definition) is 2. The van der Waals surface area contributed by atoms with Crippen LogP contribution in [0, 0.1) is 12.7 Å². The number of rotatable bonds is 5. The highest BCUT2D eigenvalue weighted by atomic mass is 35.5. The monoisotopic (exact) mass is 402 g/mol. The topological polar surface area (TPSA) is 40.6 Å². The largest absolute Gasteiger partial charge is 0.339 e. The number of halogens is 2. The number of amides is 2. The first-order chi connectivity index (χ1) is 13.4. The molecule has 0 bridgehead atoms. The van der Waals surface area contributed by atoms with E-state index in [0.717, 1.165) is 18.9 Å². The molecular formula is C22H24ClFN2O2. The maximum absolute atomic E-state index is 13.2. The third-order valence-electron chi connectivity index (χ3n) is 5.06. The number of nitrogens with zero attached hydrogens (tertiary/aromatic N) is 2. The van der Waals surface area contributed by atoms with E-state index in [0.29, 0.717) is 38.2 Å². The van der Waals surface area contributed by atoms with Crippen LogP contribution < -0.4 is 0 Å². The molecule has 0 unspecified atom stereocenters. The fraction of sp³-hybridized carbons (Fsp3) is 0.364. The van der Waals surface area contributed by atoms with Crippen molar-refractivity contribution in [1.29, 1.82) is 0 Å². The Bertz CT molecular complexity index is 846. The molecule has 1 saturated heterocycles. The summed E-state index contributed by atoms with van der Waals surface area (Å²) < 4.78 is 13.2. The first kappa shape index (κ1) is 20.3. The molecule has 0 radical (unpaired) electrons. The minimum absolute atomic E-state index is 0.111. The SMILES string of the molecule is Cc1ccc(CCCC(=O)N2CCN(C(=O)c3ccc(F)cc3Cl)CC2)cc1. The van der Waals surface area contributed by atoms with E-state index in [9.17, 15) is 14.0 Å². The van der Waals surface area contributed by atoms with Crippen molar-refractivity contribution >= 4 is 23.4 Å². The van der Waals surface area contributed by atoms with E-state index in [4.69, 9.17) is 11.6 Å². The molecule has 1 fully saturated rings. The minimum atomic E-state index is -0.470. The van der Waals surface area contributed by atoms with Crippen molar-refractivity contribution in [1.82, 2.24) is 9.80 Å². The second kappa shape index (κ2) is 9.20. The van der Waals surface area contributed by atoms with E-state index in [1.165, 1.54) is 23.3 Å². The zero-order chi connectivity index (χ0) is 20.1. The van der Waals surface area contributed by atoms with Gasteiger partial charge in [0.15, 0.2) is 0 Å². The lowest BCUT2D eigenvalue weighted by Gasteiger charge is -2.35. The van der Waals surface area contributed by atoms with Crippen LogP contribution in [0.5, 0.6) is 0 Å². The summed E-state index contributed by atoms with van der Waals surface area (Å²) in [6.07, 6.45) is 2.20. The molecule has 1 aliphatic heterocycles. The molecule has 0 N–H and O–H groups in total. The molecule has 6 heteroatoms. The molecule has 1 heterocycles. The summed E-state index contributed by atoms with van der Waals surface area (Å²) in [5.41, 5.74) is 2.76. The molecule has 148 valence electrons. The van der Waals surface area contributed by atoms with Crippen molar-refractivity contribution in [3.8, 4) is 0 Å². The predicted molar refractivity (Wildman–Crippen MR) is 108 cm³/mol. The van der Waals surface area contributed by atoms with Gasteiger partial charge in [0.1, 0.15) is 5.82 Å². The highest BCUT2D eigenvalue weighted by molar-refractivity contribution is 6.33. The van der Waals surface area contributed by atoms with Crippen molar-refractivity contribution in [2.24, 2.45) is 0 Å². The van der Waals surface area contributed by atoms with Crippen LogP contribution in [0.25, 0.3) is 0 Å². The summed E-state index contributed by atoms with van der Waals surface area (Å²) in [5.74, 6) is -0.571. The summed E-state index contributed by atoms with van der Waals surface area (Å²) in [6.45, 7) is 3.98. The zero-order valence-corrected chi connectivity index (χ0v) is 16.7. The smallest absolute Gasteiger partial charge is 0.255 e. The van der Waals surface area contributed by atoms with Gasteiger partial charge in [0, 0.05) is 32.6 Å². The molecule has 28 heavy (non-hydrogen) atoms. The number of aryl methyl sites for hydroxylation is 2. The molecule has 2 aromatic rings. The van der Waals surface area contributed by atoms with E-state index in [1.54, 1.807) is 4.90 Å². The Morgan fingerprint density at radius 1 is 1.00 bits per heavy atom.